The normalized spacial score (nSPS) is 12.2. The molecule has 3 nitrogen and oxygen atoms in total. The van der Waals surface area contributed by atoms with Crippen LogP contribution in [0.15, 0.2) is 0 Å². The lowest BCUT2D eigenvalue weighted by Gasteiger charge is -2.26. The van der Waals surface area contributed by atoms with Crippen molar-refractivity contribution in [2.75, 3.05) is 41.3 Å². The average Bonchev–Trinajstić information content (AvgIpc) is 1.86. The van der Waals surface area contributed by atoms with Crippen LogP contribution in [0.5, 0.6) is 0 Å². The Hall–Kier alpha value is 0.840. The molecule has 0 spiro atoms. The maximum absolute atomic E-state index is 5.50. The minimum absolute atomic E-state index is 0. The molecule has 0 heterocycles. The summed E-state index contributed by atoms with van der Waals surface area (Å²) in [6.07, 6.45) is 0.218. The Labute approximate surface area is 103 Å². The molecular formula is C8H22Br2N2O. The van der Waals surface area contributed by atoms with E-state index in [0.717, 1.165) is 13.2 Å². The van der Waals surface area contributed by atoms with Gasteiger partial charge in [0, 0.05) is 13.2 Å². The Morgan fingerprint density at radius 1 is 1.08 bits per heavy atom. The molecule has 0 bridgehead atoms. The second-order valence-corrected chi connectivity index (χ2v) is 3.14. The molecule has 0 amide bonds. The van der Waals surface area contributed by atoms with Crippen LogP contribution in [0.3, 0.4) is 0 Å². The van der Waals surface area contributed by atoms with Crippen molar-refractivity contribution in [2.45, 2.75) is 13.2 Å². The van der Waals surface area contributed by atoms with Gasteiger partial charge in [-0.2, -0.15) is 0 Å². The van der Waals surface area contributed by atoms with E-state index in [-0.39, 0.29) is 40.2 Å². The molecule has 0 aromatic rings. The van der Waals surface area contributed by atoms with Gasteiger partial charge in [-0.1, -0.05) is 0 Å². The molecule has 0 radical (unpaired) electrons. The van der Waals surface area contributed by atoms with Gasteiger partial charge in [-0.25, -0.2) is 0 Å². The third kappa shape index (κ3) is 10.8. The highest BCUT2D eigenvalue weighted by Crippen LogP contribution is 1.96. The number of nitrogens with zero attached hydrogens (tertiary/aromatic N) is 2. The van der Waals surface area contributed by atoms with Crippen molar-refractivity contribution in [2.24, 2.45) is 0 Å². The van der Waals surface area contributed by atoms with Crippen LogP contribution in [0.4, 0.5) is 0 Å². The minimum Gasteiger partial charge on any atom is -0.362 e. The monoisotopic (exact) mass is 320 g/mol. The molecule has 0 aromatic carbocycles. The molecule has 0 N–H and O–H groups in total. The summed E-state index contributed by atoms with van der Waals surface area (Å²) >= 11 is 0. The lowest BCUT2D eigenvalue weighted by atomic mass is 10.5. The van der Waals surface area contributed by atoms with Gasteiger partial charge in [0.05, 0.1) is 0 Å². The molecule has 1 unspecified atom stereocenters. The molecule has 84 valence electrons. The zero-order valence-electron chi connectivity index (χ0n) is 9.11. The maximum Gasteiger partial charge on any atom is 0.122 e. The quantitative estimate of drug-likeness (QED) is 0.716. The van der Waals surface area contributed by atoms with Gasteiger partial charge >= 0.3 is 0 Å². The van der Waals surface area contributed by atoms with Crippen molar-refractivity contribution in [3.05, 3.63) is 0 Å². The van der Waals surface area contributed by atoms with Crippen molar-refractivity contribution in [3.8, 4) is 0 Å². The van der Waals surface area contributed by atoms with Crippen LogP contribution in [0.1, 0.15) is 6.92 Å². The van der Waals surface area contributed by atoms with E-state index in [1.54, 1.807) is 0 Å². The first-order valence-electron chi connectivity index (χ1n) is 4.00. The van der Waals surface area contributed by atoms with Gasteiger partial charge in [-0.05, 0) is 35.1 Å². The third-order valence-electron chi connectivity index (χ3n) is 1.46. The summed E-state index contributed by atoms with van der Waals surface area (Å²) in [6, 6.07) is 0. The number of hydrogen-bond donors (Lipinski definition) is 0. The van der Waals surface area contributed by atoms with Gasteiger partial charge in [0.15, 0.2) is 0 Å². The van der Waals surface area contributed by atoms with Crippen LogP contribution in [0, 0.1) is 0 Å². The highest BCUT2D eigenvalue weighted by molar-refractivity contribution is 8.93. The largest absolute Gasteiger partial charge is 0.362 e. The predicted molar refractivity (Wildman–Crippen MR) is 68.3 cm³/mol. The summed E-state index contributed by atoms with van der Waals surface area (Å²) in [6.45, 7) is 3.74. The van der Waals surface area contributed by atoms with Crippen LogP contribution in [0.2, 0.25) is 0 Å². The van der Waals surface area contributed by atoms with E-state index < -0.39 is 0 Å². The first-order valence-corrected chi connectivity index (χ1v) is 4.00. The van der Waals surface area contributed by atoms with Gasteiger partial charge in [0.1, 0.15) is 6.23 Å². The van der Waals surface area contributed by atoms with Gasteiger partial charge in [-0.15, -0.1) is 34.0 Å². The molecule has 0 saturated heterocycles. The molecule has 0 aliphatic carbocycles. The van der Waals surface area contributed by atoms with Crippen molar-refractivity contribution < 1.29 is 4.74 Å². The van der Waals surface area contributed by atoms with E-state index in [0.29, 0.717) is 0 Å². The molecule has 0 saturated carbocycles. The molecular weight excluding hydrogens is 300 g/mol. The zero-order chi connectivity index (χ0) is 8.85. The van der Waals surface area contributed by atoms with Crippen molar-refractivity contribution in [1.29, 1.82) is 0 Å². The first-order chi connectivity index (χ1) is 5.07. The Morgan fingerprint density at radius 2 is 1.54 bits per heavy atom. The number of hydrogen-bond acceptors (Lipinski definition) is 3. The second-order valence-electron chi connectivity index (χ2n) is 3.14. The van der Waals surface area contributed by atoms with E-state index >= 15 is 0 Å². The first kappa shape index (κ1) is 19.4. The lowest BCUT2D eigenvalue weighted by Crippen LogP contribution is -2.39. The molecule has 13 heavy (non-hydrogen) atoms. The standard InChI is InChI=1S/C8H20N2O.2BrH/c1-6-11-8(10(4)5)7-9(2)3;;/h8H,6-7H2,1-5H3;2*1H. The molecule has 0 aliphatic rings. The van der Waals surface area contributed by atoms with Crippen molar-refractivity contribution >= 4 is 34.0 Å². The summed E-state index contributed by atoms with van der Waals surface area (Å²) in [5, 5.41) is 0. The molecule has 0 rings (SSSR count). The van der Waals surface area contributed by atoms with E-state index in [4.69, 9.17) is 4.74 Å². The number of likely N-dealkylation sites (N-methyl/N-ethyl adjacent to an activating group) is 2. The molecule has 5 heteroatoms. The van der Waals surface area contributed by atoms with Gasteiger partial charge in [-0.3, -0.25) is 4.90 Å². The van der Waals surface area contributed by atoms with E-state index in [9.17, 15) is 0 Å². The average molecular weight is 322 g/mol. The number of ether oxygens (including phenoxy) is 1. The summed E-state index contributed by atoms with van der Waals surface area (Å²) in [7, 11) is 8.17. The Kier molecular flexibility index (Phi) is 16.3. The summed E-state index contributed by atoms with van der Waals surface area (Å²) < 4.78 is 5.50. The van der Waals surface area contributed by atoms with Crippen LogP contribution >= 0.6 is 34.0 Å². The second kappa shape index (κ2) is 10.9. The van der Waals surface area contributed by atoms with Gasteiger partial charge in [0.2, 0.25) is 0 Å². The summed E-state index contributed by atoms with van der Waals surface area (Å²) in [5.74, 6) is 0. The van der Waals surface area contributed by atoms with Crippen LogP contribution < -0.4 is 0 Å². The highest BCUT2D eigenvalue weighted by atomic mass is 79.9. The Bertz CT molecular complexity index is 102. The van der Waals surface area contributed by atoms with Crippen LogP contribution in [-0.4, -0.2) is 57.4 Å². The van der Waals surface area contributed by atoms with E-state index in [1.165, 1.54) is 0 Å². The topological polar surface area (TPSA) is 15.7 Å². The van der Waals surface area contributed by atoms with Crippen molar-refractivity contribution in [3.63, 3.8) is 0 Å². The third-order valence-corrected chi connectivity index (χ3v) is 1.46. The number of rotatable bonds is 5. The van der Waals surface area contributed by atoms with Crippen LogP contribution in [-0.2, 0) is 4.74 Å². The molecule has 0 aliphatic heterocycles. The Morgan fingerprint density at radius 3 is 1.77 bits per heavy atom. The molecule has 1 atom stereocenters. The summed E-state index contributed by atoms with van der Waals surface area (Å²) in [4.78, 5) is 4.21. The smallest absolute Gasteiger partial charge is 0.122 e. The zero-order valence-corrected chi connectivity index (χ0v) is 12.5. The van der Waals surface area contributed by atoms with Crippen LogP contribution in [0.25, 0.3) is 0 Å². The SMILES string of the molecule is Br.Br.CCOC(CN(C)C)N(C)C. The van der Waals surface area contributed by atoms with E-state index in [1.807, 2.05) is 21.0 Å². The lowest BCUT2D eigenvalue weighted by molar-refractivity contribution is -0.0427. The predicted octanol–water partition coefficient (Wildman–Crippen LogP) is 1.63. The maximum atomic E-state index is 5.50. The van der Waals surface area contributed by atoms with E-state index in [2.05, 4.69) is 23.9 Å². The molecule has 0 fully saturated rings. The van der Waals surface area contributed by atoms with Crippen molar-refractivity contribution in [1.82, 2.24) is 9.80 Å². The highest BCUT2D eigenvalue weighted by Gasteiger charge is 2.10. The fourth-order valence-corrected chi connectivity index (χ4v) is 0.870. The summed E-state index contributed by atoms with van der Waals surface area (Å²) in [5.41, 5.74) is 0. The fourth-order valence-electron chi connectivity index (χ4n) is 0.870. The minimum atomic E-state index is 0. The Balaban J connectivity index is -0.000000500. The van der Waals surface area contributed by atoms with Gasteiger partial charge in [0.25, 0.3) is 0 Å². The molecule has 0 aromatic heterocycles. The van der Waals surface area contributed by atoms with Gasteiger partial charge < -0.3 is 9.64 Å². The number of halogens is 2. The fraction of sp³-hybridized carbons (Fsp3) is 1.00.